The molecule has 1 aliphatic heterocycles. The summed E-state index contributed by atoms with van der Waals surface area (Å²) in [6, 6.07) is 23.0. The number of hydrogen-bond donors (Lipinski definition) is 3. The fourth-order valence-corrected chi connectivity index (χ4v) is 5.26. The van der Waals surface area contributed by atoms with Gasteiger partial charge in [-0.25, -0.2) is 19.7 Å². The summed E-state index contributed by atoms with van der Waals surface area (Å²) in [5.74, 6) is 1.27. The minimum Gasteiger partial charge on any atom is -0.480 e. The second-order valence-corrected chi connectivity index (χ2v) is 10.8. The van der Waals surface area contributed by atoms with Gasteiger partial charge in [0.2, 0.25) is 5.88 Å². The molecule has 0 saturated carbocycles. The first-order chi connectivity index (χ1) is 21.1. The van der Waals surface area contributed by atoms with Gasteiger partial charge < -0.3 is 20.5 Å². The molecule has 1 unspecified atom stereocenters. The standard InChI is InChI=1S/C34H40N6O3/c41-34(42)30(39-31-25-28(16-20-35-31)26-9-2-1-3-10-26)17-22-40(23-24-43-32-13-4-6-18-36-32)21-7-5-12-29-15-14-27-11-8-19-37-33(27)38-29/h1-4,6,9-10,13-16,18,20,25,30H,5,7-8,11-12,17,19,21-24H2,(H,35,39)(H,37,38)(H,41,42). The number of aliphatic carboxylic acids is 1. The van der Waals surface area contributed by atoms with E-state index in [-0.39, 0.29) is 0 Å². The molecule has 9 nitrogen and oxygen atoms in total. The van der Waals surface area contributed by atoms with Gasteiger partial charge in [-0.1, -0.05) is 42.5 Å². The van der Waals surface area contributed by atoms with Gasteiger partial charge in [0.1, 0.15) is 24.3 Å². The molecule has 0 radical (unpaired) electrons. The van der Waals surface area contributed by atoms with Crippen LogP contribution in [-0.4, -0.2) is 69.8 Å². The van der Waals surface area contributed by atoms with Gasteiger partial charge in [-0.05, 0) is 86.0 Å². The van der Waals surface area contributed by atoms with E-state index >= 15 is 0 Å². The number of unbranched alkanes of at least 4 members (excludes halogenated alkanes) is 1. The van der Waals surface area contributed by atoms with E-state index in [1.54, 1.807) is 12.4 Å². The van der Waals surface area contributed by atoms with E-state index in [2.05, 4.69) is 37.6 Å². The summed E-state index contributed by atoms with van der Waals surface area (Å²) >= 11 is 0. The van der Waals surface area contributed by atoms with Gasteiger partial charge in [0, 0.05) is 43.8 Å². The van der Waals surface area contributed by atoms with Crippen LogP contribution in [0.15, 0.2) is 85.2 Å². The number of carboxylic acid groups (broad SMARTS) is 1. The molecule has 224 valence electrons. The molecule has 0 spiro atoms. The van der Waals surface area contributed by atoms with Gasteiger partial charge in [0.15, 0.2) is 0 Å². The van der Waals surface area contributed by atoms with E-state index in [9.17, 15) is 9.90 Å². The Morgan fingerprint density at radius 1 is 0.953 bits per heavy atom. The first kappa shape index (κ1) is 30.0. The van der Waals surface area contributed by atoms with Gasteiger partial charge in [-0.2, -0.15) is 0 Å². The van der Waals surface area contributed by atoms with Crippen LogP contribution in [0.3, 0.4) is 0 Å². The van der Waals surface area contributed by atoms with Crippen molar-refractivity contribution in [1.82, 2.24) is 19.9 Å². The monoisotopic (exact) mass is 580 g/mol. The Kier molecular flexibility index (Phi) is 10.9. The highest BCUT2D eigenvalue weighted by molar-refractivity contribution is 5.77. The Balaban J connectivity index is 1.16. The molecule has 5 rings (SSSR count). The molecule has 3 aromatic heterocycles. The Bertz CT molecular complexity index is 1440. The van der Waals surface area contributed by atoms with Crippen LogP contribution in [0.25, 0.3) is 11.1 Å². The van der Waals surface area contributed by atoms with Crippen molar-refractivity contribution in [2.45, 2.75) is 44.6 Å². The largest absolute Gasteiger partial charge is 0.480 e. The van der Waals surface area contributed by atoms with Gasteiger partial charge in [-0.3, -0.25) is 4.90 Å². The topological polar surface area (TPSA) is 112 Å². The zero-order valence-corrected chi connectivity index (χ0v) is 24.5. The zero-order chi connectivity index (χ0) is 29.7. The number of hydrogen-bond acceptors (Lipinski definition) is 8. The molecule has 0 amide bonds. The van der Waals surface area contributed by atoms with Gasteiger partial charge in [-0.15, -0.1) is 0 Å². The Hall–Kier alpha value is -4.50. The number of carbonyl (C=O) groups is 1. The number of pyridine rings is 3. The van der Waals surface area contributed by atoms with Crippen molar-refractivity contribution in [3.8, 4) is 17.0 Å². The van der Waals surface area contributed by atoms with Crippen molar-refractivity contribution in [1.29, 1.82) is 0 Å². The maximum Gasteiger partial charge on any atom is 0.326 e. The smallest absolute Gasteiger partial charge is 0.326 e. The molecular weight excluding hydrogens is 540 g/mol. The Morgan fingerprint density at radius 3 is 2.67 bits per heavy atom. The second kappa shape index (κ2) is 15.7. The quantitative estimate of drug-likeness (QED) is 0.147. The maximum absolute atomic E-state index is 12.2. The average Bonchev–Trinajstić information content (AvgIpc) is 3.05. The summed E-state index contributed by atoms with van der Waals surface area (Å²) in [7, 11) is 0. The van der Waals surface area contributed by atoms with Crippen LogP contribution in [0.4, 0.5) is 11.6 Å². The number of fused-ring (bicyclic) bond motifs is 1. The lowest BCUT2D eigenvalue weighted by Gasteiger charge is -2.24. The van der Waals surface area contributed by atoms with Gasteiger partial charge >= 0.3 is 5.97 Å². The van der Waals surface area contributed by atoms with Crippen LogP contribution in [0.1, 0.15) is 36.9 Å². The summed E-state index contributed by atoms with van der Waals surface area (Å²) in [4.78, 5) is 28.0. The number of nitrogens with zero attached hydrogens (tertiary/aromatic N) is 4. The third-order valence-electron chi connectivity index (χ3n) is 7.63. The summed E-state index contributed by atoms with van der Waals surface area (Å²) < 4.78 is 5.86. The van der Waals surface area contributed by atoms with Crippen molar-refractivity contribution in [2.75, 3.05) is 43.4 Å². The first-order valence-electron chi connectivity index (χ1n) is 15.1. The van der Waals surface area contributed by atoms with E-state index < -0.39 is 12.0 Å². The molecule has 0 fully saturated rings. The average molecular weight is 581 g/mol. The molecule has 9 heteroatoms. The number of ether oxygens (including phenoxy) is 1. The number of carboxylic acids is 1. The minimum absolute atomic E-state index is 0.425. The van der Waals surface area contributed by atoms with E-state index in [4.69, 9.17) is 9.72 Å². The van der Waals surface area contributed by atoms with Crippen LogP contribution in [0, 0.1) is 0 Å². The number of aryl methyl sites for hydroxylation is 2. The van der Waals surface area contributed by atoms with Gasteiger partial charge in [0.25, 0.3) is 0 Å². The molecule has 3 N–H and O–H groups in total. The summed E-state index contributed by atoms with van der Waals surface area (Å²) in [6.45, 7) is 3.57. The van der Waals surface area contributed by atoms with Crippen LogP contribution in [0.2, 0.25) is 0 Å². The number of anilines is 2. The van der Waals surface area contributed by atoms with Crippen molar-refractivity contribution in [3.05, 3.63) is 96.4 Å². The van der Waals surface area contributed by atoms with Crippen molar-refractivity contribution in [2.24, 2.45) is 0 Å². The second-order valence-electron chi connectivity index (χ2n) is 10.8. The van der Waals surface area contributed by atoms with E-state index in [1.807, 2.05) is 60.7 Å². The normalized spacial score (nSPS) is 13.1. The molecule has 43 heavy (non-hydrogen) atoms. The maximum atomic E-state index is 12.2. The predicted molar refractivity (Wildman–Crippen MR) is 169 cm³/mol. The predicted octanol–water partition coefficient (Wildman–Crippen LogP) is 5.56. The van der Waals surface area contributed by atoms with E-state index in [1.165, 1.54) is 5.56 Å². The van der Waals surface area contributed by atoms with Crippen LogP contribution in [0.5, 0.6) is 5.88 Å². The van der Waals surface area contributed by atoms with Crippen molar-refractivity contribution >= 4 is 17.6 Å². The number of aromatic nitrogens is 3. The van der Waals surface area contributed by atoms with Crippen LogP contribution < -0.4 is 15.4 Å². The summed E-state index contributed by atoms with van der Waals surface area (Å²) in [5, 5.41) is 16.6. The highest BCUT2D eigenvalue weighted by Crippen LogP contribution is 2.22. The molecule has 4 aromatic rings. The Morgan fingerprint density at radius 2 is 1.84 bits per heavy atom. The number of rotatable bonds is 16. The van der Waals surface area contributed by atoms with E-state index in [0.717, 1.165) is 67.8 Å². The fourth-order valence-electron chi connectivity index (χ4n) is 5.26. The minimum atomic E-state index is -0.899. The Labute approximate surface area is 253 Å². The van der Waals surface area contributed by atoms with Crippen LogP contribution >= 0.6 is 0 Å². The van der Waals surface area contributed by atoms with Crippen molar-refractivity contribution < 1.29 is 14.6 Å². The van der Waals surface area contributed by atoms with Crippen LogP contribution in [-0.2, 0) is 17.6 Å². The lowest BCUT2D eigenvalue weighted by atomic mass is 10.1. The molecular formula is C34H40N6O3. The molecule has 0 bridgehead atoms. The third-order valence-corrected chi connectivity index (χ3v) is 7.63. The van der Waals surface area contributed by atoms with Crippen molar-refractivity contribution in [3.63, 3.8) is 0 Å². The lowest BCUT2D eigenvalue weighted by molar-refractivity contribution is -0.138. The number of benzene rings is 1. The summed E-state index contributed by atoms with van der Waals surface area (Å²) in [5.41, 5.74) is 4.46. The third kappa shape index (κ3) is 9.24. The zero-order valence-electron chi connectivity index (χ0n) is 24.5. The molecule has 1 atom stereocenters. The number of nitrogens with one attached hydrogen (secondary N) is 2. The highest BCUT2D eigenvalue weighted by atomic mass is 16.5. The van der Waals surface area contributed by atoms with Gasteiger partial charge in [0.05, 0.1) is 0 Å². The highest BCUT2D eigenvalue weighted by Gasteiger charge is 2.20. The molecule has 0 aliphatic carbocycles. The first-order valence-corrected chi connectivity index (χ1v) is 15.1. The lowest BCUT2D eigenvalue weighted by Crippen LogP contribution is -2.37. The molecule has 0 saturated heterocycles. The molecule has 1 aromatic carbocycles. The van der Waals surface area contributed by atoms with E-state index in [0.29, 0.717) is 37.8 Å². The summed E-state index contributed by atoms with van der Waals surface area (Å²) in [6.07, 6.45) is 8.97. The molecule has 4 heterocycles. The SMILES string of the molecule is O=C(O)C(CCN(CCCCc1ccc2c(n1)NCCC2)CCOc1ccccn1)Nc1cc(-c2ccccc2)ccn1. The molecule has 1 aliphatic rings. The fraction of sp³-hybridized carbons (Fsp3) is 0.353.